The standard InChI is InChI=1S/C5H8F2O/c6-5(7)1-3-8-4-2-5/h1-4H2. The van der Waals surface area contributed by atoms with E-state index in [1.54, 1.807) is 0 Å². The molecule has 1 heterocycles. The van der Waals surface area contributed by atoms with E-state index in [1.807, 2.05) is 0 Å². The van der Waals surface area contributed by atoms with Gasteiger partial charge in [-0.15, -0.1) is 0 Å². The van der Waals surface area contributed by atoms with Gasteiger partial charge in [-0.05, 0) is 0 Å². The van der Waals surface area contributed by atoms with Crippen LogP contribution in [0.2, 0.25) is 0 Å². The van der Waals surface area contributed by atoms with E-state index in [1.165, 1.54) is 0 Å². The van der Waals surface area contributed by atoms with Gasteiger partial charge in [0.1, 0.15) is 0 Å². The molecule has 0 aliphatic carbocycles. The van der Waals surface area contributed by atoms with Gasteiger partial charge in [-0.3, -0.25) is 0 Å². The van der Waals surface area contributed by atoms with E-state index in [0.717, 1.165) is 0 Å². The minimum atomic E-state index is -2.45. The van der Waals surface area contributed by atoms with Crippen molar-refractivity contribution in [1.82, 2.24) is 0 Å². The molecule has 1 aliphatic rings. The van der Waals surface area contributed by atoms with E-state index >= 15 is 0 Å². The fraction of sp³-hybridized carbons (Fsp3) is 1.00. The smallest absolute Gasteiger partial charge is 0.252 e. The highest BCUT2D eigenvalue weighted by molar-refractivity contribution is 4.68. The lowest BCUT2D eigenvalue weighted by Gasteiger charge is -2.20. The minimum absolute atomic E-state index is 0.104. The van der Waals surface area contributed by atoms with Crippen LogP contribution in [-0.4, -0.2) is 19.1 Å². The van der Waals surface area contributed by atoms with Crippen molar-refractivity contribution in [3.05, 3.63) is 0 Å². The molecule has 0 aromatic rings. The largest absolute Gasteiger partial charge is 0.381 e. The second-order valence-electron chi connectivity index (χ2n) is 1.97. The van der Waals surface area contributed by atoms with Crippen molar-refractivity contribution in [3.63, 3.8) is 0 Å². The Labute approximate surface area is 46.6 Å². The van der Waals surface area contributed by atoms with Crippen molar-refractivity contribution in [1.29, 1.82) is 0 Å². The van der Waals surface area contributed by atoms with Crippen LogP contribution in [0.3, 0.4) is 0 Å². The summed E-state index contributed by atoms with van der Waals surface area (Å²) in [4.78, 5) is 0. The van der Waals surface area contributed by atoms with Gasteiger partial charge in [0.15, 0.2) is 0 Å². The lowest BCUT2D eigenvalue weighted by molar-refractivity contribution is -0.0915. The monoisotopic (exact) mass is 122 g/mol. The minimum Gasteiger partial charge on any atom is -0.381 e. The summed E-state index contributed by atoms with van der Waals surface area (Å²) in [5.41, 5.74) is 0. The van der Waals surface area contributed by atoms with Crippen molar-refractivity contribution >= 4 is 0 Å². The lowest BCUT2D eigenvalue weighted by atomic mass is 10.1. The number of hydrogen-bond acceptors (Lipinski definition) is 1. The molecule has 0 bridgehead atoms. The maximum absolute atomic E-state index is 12.1. The molecule has 0 spiro atoms. The lowest BCUT2D eigenvalue weighted by Crippen LogP contribution is -2.26. The molecular weight excluding hydrogens is 114 g/mol. The SMILES string of the molecule is FC1(F)CCOCC1. The van der Waals surface area contributed by atoms with Gasteiger partial charge in [0, 0.05) is 12.8 Å². The van der Waals surface area contributed by atoms with Crippen LogP contribution >= 0.6 is 0 Å². The molecule has 48 valence electrons. The van der Waals surface area contributed by atoms with Crippen molar-refractivity contribution in [3.8, 4) is 0 Å². The Hall–Kier alpha value is -0.180. The highest BCUT2D eigenvalue weighted by Gasteiger charge is 2.30. The van der Waals surface area contributed by atoms with Gasteiger partial charge in [0.25, 0.3) is 5.92 Å². The summed E-state index contributed by atoms with van der Waals surface area (Å²) in [6.07, 6.45) is -0.208. The van der Waals surface area contributed by atoms with Crippen molar-refractivity contribution < 1.29 is 13.5 Å². The molecule has 0 N–H and O–H groups in total. The Morgan fingerprint density at radius 1 is 1.12 bits per heavy atom. The van der Waals surface area contributed by atoms with E-state index in [9.17, 15) is 8.78 Å². The second kappa shape index (κ2) is 1.97. The molecule has 3 heteroatoms. The average molecular weight is 122 g/mol. The van der Waals surface area contributed by atoms with Crippen molar-refractivity contribution in [2.24, 2.45) is 0 Å². The third kappa shape index (κ3) is 1.40. The zero-order valence-corrected chi connectivity index (χ0v) is 4.49. The first kappa shape index (κ1) is 5.95. The summed E-state index contributed by atoms with van der Waals surface area (Å²) in [5.74, 6) is -2.45. The molecule has 0 amide bonds. The van der Waals surface area contributed by atoms with Crippen LogP contribution in [0.15, 0.2) is 0 Å². The highest BCUT2D eigenvalue weighted by atomic mass is 19.3. The summed E-state index contributed by atoms with van der Waals surface area (Å²) >= 11 is 0. The molecule has 1 nitrogen and oxygen atoms in total. The quantitative estimate of drug-likeness (QED) is 0.472. The Balaban J connectivity index is 2.33. The van der Waals surface area contributed by atoms with Crippen molar-refractivity contribution in [2.45, 2.75) is 18.8 Å². The highest BCUT2D eigenvalue weighted by Crippen LogP contribution is 2.25. The van der Waals surface area contributed by atoms with E-state index in [0.29, 0.717) is 0 Å². The second-order valence-corrected chi connectivity index (χ2v) is 1.97. The molecule has 0 unspecified atom stereocenters. The number of ether oxygens (including phenoxy) is 1. The number of hydrogen-bond donors (Lipinski definition) is 0. The predicted molar refractivity (Wildman–Crippen MR) is 25.0 cm³/mol. The molecule has 1 rings (SSSR count). The third-order valence-corrected chi connectivity index (χ3v) is 1.22. The Kier molecular flexibility index (Phi) is 1.47. The summed E-state index contributed by atoms with van der Waals surface area (Å²) in [5, 5.41) is 0. The Morgan fingerprint density at radius 3 is 1.88 bits per heavy atom. The maximum Gasteiger partial charge on any atom is 0.252 e. The van der Waals surface area contributed by atoms with E-state index < -0.39 is 5.92 Å². The molecule has 0 saturated carbocycles. The van der Waals surface area contributed by atoms with Gasteiger partial charge in [-0.2, -0.15) is 0 Å². The summed E-state index contributed by atoms with van der Waals surface area (Å²) in [7, 11) is 0. The Morgan fingerprint density at radius 2 is 1.62 bits per heavy atom. The van der Waals surface area contributed by atoms with Gasteiger partial charge < -0.3 is 4.74 Å². The first-order chi connectivity index (χ1) is 3.71. The summed E-state index contributed by atoms with van der Waals surface area (Å²) in [6, 6.07) is 0. The normalized spacial score (nSPS) is 27.8. The number of halogens is 2. The van der Waals surface area contributed by atoms with E-state index in [-0.39, 0.29) is 26.1 Å². The fourth-order valence-corrected chi connectivity index (χ4v) is 0.670. The third-order valence-electron chi connectivity index (χ3n) is 1.22. The first-order valence-corrected chi connectivity index (χ1v) is 2.66. The van der Waals surface area contributed by atoms with Crippen LogP contribution in [-0.2, 0) is 4.74 Å². The molecule has 1 saturated heterocycles. The van der Waals surface area contributed by atoms with Gasteiger partial charge in [-0.1, -0.05) is 0 Å². The van der Waals surface area contributed by atoms with Crippen LogP contribution in [0.5, 0.6) is 0 Å². The molecule has 0 radical (unpaired) electrons. The topological polar surface area (TPSA) is 9.23 Å². The fourth-order valence-electron chi connectivity index (χ4n) is 0.670. The van der Waals surface area contributed by atoms with Crippen LogP contribution in [0, 0.1) is 0 Å². The predicted octanol–water partition coefficient (Wildman–Crippen LogP) is 1.43. The van der Waals surface area contributed by atoms with Crippen molar-refractivity contribution in [2.75, 3.05) is 13.2 Å². The zero-order valence-electron chi connectivity index (χ0n) is 4.49. The number of alkyl halides is 2. The van der Waals surface area contributed by atoms with Gasteiger partial charge in [0.05, 0.1) is 13.2 Å². The molecule has 8 heavy (non-hydrogen) atoms. The molecule has 0 aromatic carbocycles. The van der Waals surface area contributed by atoms with Crippen LogP contribution in [0.4, 0.5) is 8.78 Å². The summed E-state index contributed by atoms with van der Waals surface area (Å²) in [6.45, 7) is 0.431. The van der Waals surface area contributed by atoms with Crippen LogP contribution < -0.4 is 0 Å². The molecular formula is C5H8F2O. The average Bonchev–Trinajstić information content (AvgIpc) is 1.65. The van der Waals surface area contributed by atoms with Crippen LogP contribution in [0.25, 0.3) is 0 Å². The van der Waals surface area contributed by atoms with E-state index in [4.69, 9.17) is 4.74 Å². The van der Waals surface area contributed by atoms with Gasteiger partial charge in [-0.25, -0.2) is 8.78 Å². The first-order valence-electron chi connectivity index (χ1n) is 2.66. The van der Waals surface area contributed by atoms with Crippen LogP contribution in [0.1, 0.15) is 12.8 Å². The molecule has 1 aliphatic heterocycles. The maximum atomic E-state index is 12.1. The zero-order chi connectivity index (χ0) is 6.04. The summed E-state index contributed by atoms with van der Waals surface area (Å²) < 4.78 is 29.0. The molecule has 0 atom stereocenters. The van der Waals surface area contributed by atoms with Gasteiger partial charge in [0.2, 0.25) is 0 Å². The molecule has 1 fully saturated rings. The molecule has 0 aromatic heterocycles. The Bertz CT molecular complexity index is 74.5. The van der Waals surface area contributed by atoms with Gasteiger partial charge >= 0.3 is 0 Å². The number of rotatable bonds is 0. The van der Waals surface area contributed by atoms with E-state index in [2.05, 4.69) is 0 Å².